The number of rotatable bonds is 2. The Morgan fingerprint density at radius 1 is 1.36 bits per heavy atom. The van der Waals surface area contributed by atoms with Crippen molar-refractivity contribution in [3.63, 3.8) is 0 Å². The van der Waals surface area contributed by atoms with E-state index in [1.54, 1.807) is 12.1 Å². The van der Waals surface area contributed by atoms with Gasteiger partial charge in [0.15, 0.2) is 0 Å². The van der Waals surface area contributed by atoms with Crippen molar-refractivity contribution < 1.29 is 4.79 Å². The van der Waals surface area contributed by atoms with Gasteiger partial charge in [-0.3, -0.25) is 4.79 Å². The van der Waals surface area contributed by atoms with Crippen molar-refractivity contribution in [2.24, 2.45) is 11.7 Å². The molecule has 1 fully saturated rings. The Bertz CT molecular complexity index is 392. The summed E-state index contributed by atoms with van der Waals surface area (Å²) in [4.78, 5) is 10.9. The maximum absolute atomic E-state index is 10.9. The molecule has 1 aliphatic rings. The molecule has 0 bridgehead atoms. The second-order valence-electron chi connectivity index (χ2n) is 3.52. The van der Waals surface area contributed by atoms with Crippen LogP contribution in [0, 0.1) is 5.92 Å². The molecule has 0 aliphatic heterocycles. The zero-order valence-electron chi connectivity index (χ0n) is 7.34. The molecule has 1 aromatic carbocycles. The summed E-state index contributed by atoms with van der Waals surface area (Å²) >= 11 is 11.6. The average Bonchev–Trinajstić information content (AvgIpc) is 2.89. The van der Waals surface area contributed by atoms with Gasteiger partial charge in [0.2, 0.25) is 5.91 Å². The first kappa shape index (κ1) is 9.81. The third-order valence-electron chi connectivity index (χ3n) is 2.53. The molecule has 1 saturated carbocycles. The molecule has 1 aromatic rings. The molecule has 0 aromatic heterocycles. The molecule has 14 heavy (non-hydrogen) atoms. The third-order valence-corrected chi connectivity index (χ3v) is 3.27. The molecule has 74 valence electrons. The number of carbonyl (C=O) groups is 1. The van der Waals surface area contributed by atoms with Crippen molar-refractivity contribution in [2.75, 3.05) is 0 Å². The smallest absolute Gasteiger partial charge is 0.221 e. The third kappa shape index (κ3) is 1.72. The fourth-order valence-corrected chi connectivity index (χ4v) is 1.93. The monoisotopic (exact) mass is 229 g/mol. The molecule has 1 amide bonds. The Labute approximate surface area is 92.0 Å². The maximum atomic E-state index is 10.9. The van der Waals surface area contributed by atoms with E-state index in [1.165, 1.54) is 0 Å². The number of nitrogens with two attached hydrogens (primary N) is 1. The van der Waals surface area contributed by atoms with Crippen molar-refractivity contribution in [1.82, 2.24) is 0 Å². The van der Waals surface area contributed by atoms with E-state index in [2.05, 4.69) is 0 Å². The molecule has 0 unspecified atom stereocenters. The van der Waals surface area contributed by atoms with Crippen molar-refractivity contribution in [3.8, 4) is 0 Å². The summed E-state index contributed by atoms with van der Waals surface area (Å²) in [6.45, 7) is 0. The van der Waals surface area contributed by atoms with Crippen molar-refractivity contribution >= 4 is 29.1 Å². The highest BCUT2D eigenvalue weighted by molar-refractivity contribution is 6.42. The van der Waals surface area contributed by atoms with E-state index >= 15 is 0 Å². The molecular formula is C10H9Cl2NO. The van der Waals surface area contributed by atoms with Crippen LogP contribution < -0.4 is 5.73 Å². The molecule has 2 atom stereocenters. The van der Waals surface area contributed by atoms with Gasteiger partial charge in [-0.2, -0.15) is 0 Å². The molecular weight excluding hydrogens is 221 g/mol. The number of primary amides is 1. The van der Waals surface area contributed by atoms with Crippen LogP contribution in [-0.2, 0) is 4.79 Å². The molecule has 0 heterocycles. The van der Waals surface area contributed by atoms with Gasteiger partial charge in [0.1, 0.15) is 0 Å². The molecule has 2 N–H and O–H groups in total. The van der Waals surface area contributed by atoms with Crippen LogP contribution in [0.4, 0.5) is 0 Å². The fraction of sp³-hybridized carbons (Fsp3) is 0.300. The minimum Gasteiger partial charge on any atom is -0.369 e. The van der Waals surface area contributed by atoms with Crippen LogP contribution in [0.2, 0.25) is 10.0 Å². The lowest BCUT2D eigenvalue weighted by Gasteiger charge is -2.01. The van der Waals surface area contributed by atoms with Gasteiger partial charge < -0.3 is 5.73 Å². The number of benzene rings is 1. The van der Waals surface area contributed by atoms with E-state index in [0.717, 1.165) is 12.0 Å². The predicted octanol–water partition coefficient (Wildman–Crippen LogP) is 2.58. The Hall–Kier alpha value is -0.730. The van der Waals surface area contributed by atoms with Crippen LogP contribution in [-0.4, -0.2) is 5.91 Å². The standard InChI is InChI=1S/C10H9Cl2NO/c11-8-2-1-5(3-9(8)12)6-4-7(6)10(13)14/h1-3,6-7H,4H2,(H2,13,14)/t6-,7-/m1/s1. The van der Waals surface area contributed by atoms with Gasteiger partial charge in [-0.25, -0.2) is 0 Å². The molecule has 2 nitrogen and oxygen atoms in total. The number of hydrogen-bond donors (Lipinski definition) is 1. The van der Waals surface area contributed by atoms with Crippen LogP contribution in [0.25, 0.3) is 0 Å². The van der Waals surface area contributed by atoms with E-state index in [4.69, 9.17) is 28.9 Å². The quantitative estimate of drug-likeness (QED) is 0.833. The number of amides is 1. The minimum atomic E-state index is -0.235. The first-order valence-corrected chi connectivity index (χ1v) is 5.09. The van der Waals surface area contributed by atoms with Gasteiger partial charge in [0.05, 0.1) is 10.0 Å². The first-order chi connectivity index (χ1) is 6.59. The average molecular weight is 230 g/mol. The minimum absolute atomic E-state index is 0.0211. The Kier molecular flexibility index (Phi) is 2.41. The van der Waals surface area contributed by atoms with Crippen LogP contribution in [0.1, 0.15) is 17.9 Å². The summed E-state index contributed by atoms with van der Waals surface area (Å²) in [5.41, 5.74) is 6.24. The summed E-state index contributed by atoms with van der Waals surface area (Å²) in [5.74, 6) is -0.0180. The van der Waals surface area contributed by atoms with Gasteiger partial charge in [0, 0.05) is 5.92 Å². The first-order valence-electron chi connectivity index (χ1n) is 4.34. The SMILES string of the molecule is NC(=O)[C@@H]1C[C@@H]1c1ccc(Cl)c(Cl)c1. The zero-order chi connectivity index (χ0) is 10.3. The zero-order valence-corrected chi connectivity index (χ0v) is 8.85. The number of hydrogen-bond acceptors (Lipinski definition) is 1. The second kappa shape index (κ2) is 3.44. The van der Waals surface area contributed by atoms with Crippen molar-refractivity contribution in [1.29, 1.82) is 0 Å². The van der Waals surface area contributed by atoms with Crippen molar-refractivity contribution in [2.45, 2.75) is 12.3 Å². The summed E-state index contributed by atoms with van der Waals surface area (Å²) in [6.07, 6.45) is 0.827. The topological polar surface area (TPSA) is 43.1 Å². The van der Waals surface area contributed by atoms with E-state index in [9.17, 15) is 4.79 Å². The van der Waals surface area contributed by atoms with E-state index in [-0.39, 0.29) is 17.7 Å². The Morgan fingerprint density at radius 3 is 2.57 bits per heavy atom. The highest BCUT2D eigenvalue weighted by Gasteiger charge is 2.42. The molecule has 4 heteroatoms. The summed E-state index contributed by atoms with van der Waals surface area (Å²) < 4.78 is 0. The van der Waals surface area contributed by atoms with Gasteiger partial charge in [-0.05, 0) is 30.0 Å². The summed E-state index contributed by atoms with van der Waals surface area (Å²) in [5, 5.41) is 1.06. The second-order valence-corrected chi connectivity index (χ2v) is 4.34. The van der Waals surface area contributed by atoms with Crippen LogP contribution >= 0.6 is 23.2 Å². The molecule has 0 spiro atoms. The Morgan fingerprint density at radius 2 is 2.07 bits per heavy atom. The molecule has 0 saturated heterocycles. The molecule has 2 rings (SSSR count). The lowest BCUT2D eigenvalue weighted by atomic mass is 10.1. The normalized spacial score (nSPS) is 24.7. The highest BCUT2D eigenvalue weighted by atomic mass is 35.5. The van der Waals surface area contributed by atoms with Gasteiger partial charge in [-0.15, -0.1) is 0 Å². The van der Waals surface area contributed by atoms with E-state index in [0.29, 0.717) is 10.0 Å². The van der Waals surface area contributed by atoms with Crippen LogP contribution in [0.15, 0.2) is 18.2 Å². The number of halogens is 2. The van der Waals surface area contributed by atoms with Crippen LogP contribution in [0.3, 0.4) is 0 Å². The highest BCUT2D eigenvalue weighted by Crippen LogP contribution is 2.48. The Balaban J connectivity index is 2.20. The maximum Gasteiger partial charge on any atom is 0.221 e. The van der Waals surface area contributed by atoms with Crippen molar-refractivity contribution in [3.05, 3.63) is 33.8 Å². The van der Waals surface area contributed by atoms with Gasteiger partial charge in [-0.1, -0.05) is 29.3 Å². The van der Waals surface area contributed by atoms with Crippen LogP contribution in [0.5, 0.6) is 0 Å². The summed E-state index contributed by atoms with van der Waals surface area (Å²) in [7, 11) is 0. The van der Waals surface area contributed by atoms with Gasteiger partial charge in [0.25, 0.3) is 0 Å². The molecule has 0 radical (unpaired) electrons. The van der Waals surface area contributed by atoms with E-state index < -0.39 is 0 Å². The van der Waals surface area contributed by atoms with Gasteiger partial charge >= 0.3 is 0 Å². The lowest BCUT2D eigenvalue weighted by Crippen LogP contribution is -2.13. The summed E-state index contributed by atoms with van der Waals surface area (Å²) in [6, 6.07) is 5.44. The van der Waals surface area contributed by atoms with E-state index in [1.807, 2.05) is 6.07 Å². The lowest BCUT2D eigenvalue weighted by molar-refractivity contribution is -0.119. The number of carbonyl (C=O) groups excluding carboxylic acids is 1. The predicted molar refractivity (Wildman–Crippen MR) is 56.5 cm³/mol. The fourth-order valence-electron chi connectivity index (χ4n) is 1.62. The largest absolute Gasteiger partial charge is 0.369 e. The molecule has 1 aliphatic carbocycles.